The SMILES string of the molecule is COc1ccc([C@H]2[C@@H](C(=O)NCc3ccc(F)cc3)c3cc(OC)c(OC)cc3C(=O)N2C)cc1. The normalized spacial score (nSPS) is 16.9. The van der Waals surface area contributed by atoms with E-state index in [2.05, 4.69) is 5.32 Å². The molecule has 0 unspecified atom stereocenters. The molecule has 0 radical (unpaired) electrons. The van der Waals surface area contributed by atoms with Crippen molar-refractivity contribution < 1.29 is 28.2 Å². The Labute approximate surface area is 203 Å². The minimum Gasteiger partial charge on any atom is -0.497 e. The van der Waals surface area contributed by atoms with E-state index in [1.807, 2.05) is 12.1 Å². The van der Waals surface area contributed by atoms with Crippen LogP contribution in [0.15, 0.2) is 60.7 Å². The van der Waals surface area contributed by atoms with Gasteiger partial charge in [0.2, 0.25) is 5.91 Å². The molecule has 2 amide bonds. The third kappa shape index (κ3) is 4.64. The van der Waals surface area contributed by atoms with E-state index < -0.39 is 12.0 Å². The molecule has 1 aliphatic rings. The molecular formula is C27H27FN2O5. The first-order valence-corrected chi connectivity index (χ1v) is 11.1. The topological polar surface area (TPSA) is 77.1 Å². The molecule has 0 aliphatic carbocycles. The van der Waals surface area contributed by atoms with Crippen LogP contribution in [0.2, 0.25) is 0 Å². The number of hydrogen-bond acceptors (Lipinski definition) is 5. The molecule has 0 spiro atoms. The Morgan fingerprint density at radius 3 is 2.17 bits per heavy atom. The van der Waals surface area contributed by atoms with Gasteiger partial charge in [0.25, 0.3) is 5.91 Å². The molecule has 35 heavy (non-hydrogen) atoms. The number of halogens is 1. The first-order chi connectivity index (χ1) is 16.9. The second-order valence-corrected chi connectivity index (χ2v) is 8.25. The summed E-state index contributed by atoms with van der Waals surface area (Å²) in [6.45, 7) is 0.214. The van der Waals surface area contributed by atoms with Gasteiger partial charge in [-0.05, 0) is 53.1 Å². The largest absolute Gasteiger partial charge is 0.497 e. The van der Waals surface area contributed by atoms with Crippen molar-refractivity contribution in [3.8, 4) is 17.2 Å². The molecule has 4 rings (SSSR count). The van der Waals surface area contributed by atoms with Crippen molar-refractivity contribution in [3.05, 3.63) is 88.7 Å². The number of benzene rings is 3. The standard InChI is InChI=1S/C27H27FN2O5/c1-30-25(17-7-11-19(33-2)12-8-17)24(26(31)29-15-16-5-9-18(28)10-6-16)20-13-22(34-3)23(35-4)14-21(20)27(30)32/h5-14,24-25H,15H2,1-4H3,(H,29,31)/t24-,25-/m0/s1. The molecule has 0 fully saturated rings. The Kier molecular flexibility index (Phi) is 6.91. The Balaban J connectivity index is 1.79. The summed E-state index contributed by atoms with van der Waals surface area (Å²) in [6, 6.07) is 15.9. The minimum atomic E-state index is -0.735. The van der Waals surface area contributed by atoms with Gasteiger partial charge in [0, 0.05) is 19.2 Å². The second-order valence-electron chi connectivity index (χ2n) is 8.25. The highest BCUT2D eigenvalue weighted by Gasteiger charge is 2.43. The van der Waals surface area contributed by atoms with Crippen molar-refractivity contribution >= 4 is 11.8 Å². The van der Waals surface area contributed by atoms with Crippen molar-refractivity contribution in [2.24, 2.45) is 0 Å². The fraction of sp³-hybridized carbons (Fsp3) is 0.259. The average molecular weight is 479 g/mol. The lowest BCUT2D eigenvalue weighted by atomic mass is 9.79. The average Bonchev–Trinajstić information content (AvgIpc) is 2.89. The lowest BCUT2D eigenvalue weighted by Crippen LogP contribution is -2.45. The number of carbonyl (C=O) groups excluding carboxylic acids is 2. The summed E-state index contributed by atoms with van der Waals surface area (Å²) in [4.78, 5) is 28.7. The summed E-state index contributed by atoms with van der Waals surface area (Å²) in [5, 5.41) is 2.96. The van der Waals surface area contributed by atoms with Gasteiger partial charge in [0.15, 0.2) is 11.5 Å². The van der Waals surface area contributed by atoms with Gasteiger partial charge in [-0.1, -0.05) is 24.3 Å². The van der Waals surface area contributed by atoms with Crippen LogP contribution in [0.5, 0.6) is 17.2 Å². The van der Waals surface area contributed by atoms with Crippen molar-refractivity contribution in [1.29, 1.82) is 0 Å². The zero-order valence-electron chi connectivity index (χ0n) is 20.0. The first kappa shape index (κ1) is 24.1. The zero-order valence-corrected chi connectivity index (χ0v) is 20.0. The molecule has 182 valence electrons. The molecule has 0 saturated carbocycles. The van der Waals surface area contributed by atoms with Crippen LogP contribution in [0, 0.1) is 5.82 Å². The Morgan fingerprint density at radius 1 is 0.943 bits per heavy atom. The van der Waals surface area contributed by atoms with Crippen LogP contribution in [0.1, 0.15) is 39.0 Å². The van der Waals surface area contributed by atoms with E-state index in [0.717, 1.165) is 11.1 Å². The van der Waals surface area contributed by atoms with Crippen molar-refractivity contribution in [1.82, 2.24) is 10.2 Å². The Bertz CT molecular complexity index is 1230. The number of rotatable bonds is 7. The van der Waals surface area contributed by atoms with E-state index in [4.69, 9.17) is 14.2 Å². The zero-order chi connectivity index (χ0) is 25.1. The van der Waals surface area contributed by atoms with Crippen LogP contribution in [-0.4, -0.2) is 45.1 Å². The van der Waals surface area contributed by atoms with Gasteiger partial charge < -0.3 is 24.4 Å². The van der Waals surface area contributed by atoms with Crippen molar-refractivity contribution in [3.63, 3.8) is 0 Å². The van der Waals surface area contributed by atoms with E-state index in [-0.39, 0.29) is 24.2 Å². The lowest BCUT2D eigenvalue weighted by molar-refractivity contribution is -0.124. The number of nitrogens with zero attached hydrogens (tertiary/aromatic N) is 1. The fourth-order valence-corrected chi connectivity index (χ4v) is 4.45. The number of nitrogens with one attached hydrogen (secondary N) is 1. The number of carbonyl (C=O) groups is 2. The summed E-state index contributed by atoms with van der Waals surface area (Å²) in [7, 11) is 6.25. The molecular weight excluding hydrogens is 451 g/mol. The smallest absolute Gasteiger partial charge is 0.254 e. The molecule has 0 bridgehead atoms. The summed E-state index contributed by atoms with van der Waals surface area (Å²) < 4.78 is 29.4. The number of ether oxygens (including phenoxy) is 3. The molecule has 0 saturated heterocycles. The van der Waals surface area contributed by atoms with E-state index >= 15 is 0 Å². The van der Waals surface area contributed by atoms with Gasteiger partial charge in [0.1, 0.15) is 11.6 Å². The molecule has 1 aliphatic heterocycles. The third-order valence-corrected chi connectivity index (χ3v) is 6.29. The first-order valence-electron chi connectivity index (χ1n) is 11.1. The van der Waals surface area contributed by atoms with Crippen molar-refractivity contribution in [2.45, 2.75) is 18.5 Å². The maximum Gasteiger partial charge on any atom is 0.254 e. The second kappa shape index (κ2) is 10.0. The third-order valence-electron chi connectivity index (χ3n) is 6.29. The predicted molar refractivity (Wildman–Crippen MR) is 128 cm³/mol. The van der Waals surface area contributed by atoms with Gasteiger partial charge in [-0.15, -0.1) is 0 Å². The Hall–Kier alpha value is -4.07. The highest BCUT2D eigenvalue weighted by atomic mass is 19.1. The van der Waals surface area contributed by atoms with Gasteiger partial charge in [-0.25, -0.2) is 4.39 Å². The van der Waals surface area contributed by atoms with Crippen LogP contribution in [0.4, 0.5) is 4.39 Å². The summed E-state index contributed by atoms with van der Waals surface area (Å²) in [5.41, 5.74) is 2.46. The molecule has 8 heteroatoms. The van der Waals surface area contributed by atoms with Gasteiger partial charge in [-0.3, -0.25) is 9.59 Å². The van der Waals surface area contributed by atoms with E-state index in [0.29, 0.717) is 28.4 Å². The molecule has 7 nitrogen and oxygen atoms in total. The van der Waals surface area contributed by atoms with Crippen LogP contribution < -0.4 is 19.5 Å². The molecule has 3 aromatic carbocycles. The van der Waals surface area contributed by atoms with Gasteiger partial charge >= 0.3 is 0 Å². The molecule has 1 N–H and O–H groups in total. The van der Waals surface area contributed by atoms with Crippen molar-refractivity contribution in [2.75, 3.05) is 28.4 Å². The Morgan fingerprint density at radius 2 is 1.57 bits per heavy atom. The van der Waals surface area contributed by atoms with Crippen LogP contribution >= 0.6 is 0 Å². The summed E-state index contributed by atoms with van der Waals surface area (Å²) in [5.74, 6) is -0.0897. The maximum absolute atomic E-state index is 13.7. The number of methoxy groups -OCH3 is 3. The summed E-state index contributed by atoms with van der Waals surface area (Å²) in [6.07, 6.45) is 0. The molecule has 3 aromatic rings. The molecule has 0 aromatic heterocycles. The molecule has 1 heterocycles. The fourth-order valence-electron chi connectivity index (χ4n) is 4.45. The monoisotopic (exact) mass is 478 g/mol. The summed E-state index contributed by atoms with van der Waals surface area (Å²) >= 11 is 0. The number of amides is 2. The van der Waals surface area contributed by atoms with Crippen LogP contribution in [0.3, 0.4) is 0 Å². The predicted octanol–water partition coefficient (Wildman–Crippen LogP) is 4.08. The number of fused-ring (bicyclic) bond motifs is 1. The van der Waals surface area contributed by atoms with Gasteiger partial charge in [-0.2, -0.15) is 0 Å². The lowest BCUT2D eigenvalue weighted by Gasteiger charge is -2.40. The number of hydrogen-bond donors (Lipinski definition) is 1. The number of likely N-dealkylation sites (N-methyl/N-ethyl adjacent to an activating group) is 1. The van der Waals surface area contributed by atoms with Crippen LogP contribution in [-0.2, 0) is 11.3 Å². The van der Waals surface area contributed by atoms with Gasteiger partial charge in [0.05, 0.1) is 33.3 Å². The van der Waals surface area contributed by atoms with E-state index in [9.17, 15) is 14.0 Å². The molecule has 2 atom stereocenters. The van der Waals surface area contributed by atoms with E-state index in [1.165, 1.54) is 26.4 Å². The van der Waals surface area contributed by atoms with Crippen LogP contribution in [0.25, 0.3) is 0 Å². The van der Waals surface area contributed by atoms with E-state index in [1.54, 1.807) is 55.5 Å². The minimum absolute atomic E-state index is 0.214. The maximum atomic E-state index is 13.7. The highest BCUT2D eigenvalue weighted by molar-refractivity contribution is 6.02. The quantitative estimate of drug-likeness (QED) is 0.554. The highest BCUT2D eigenvalue weighted by Crippen LogP contribution is 2.45.